The highest BCUT2D eigenvalue weighted by Gasteiger charge is 2.29. The van der Waals surface area contributed by atoms with Gasteiger partial charge in [0.2, 0.25) is 0 Å². The molecule has 2 fully saturated rings. The molecule has 2 saturated heterocycles. The lowest BCUT2D eigenvalue weighted by Crippen LogP contribution is -2.40. The largest absolute Gasteiger partial charge is 0.427 e. The first-order valence-corrected chi connectivity index (χ1v) is 10.0. The van der Waals surface area contributed by atoms with Crippen molar-refractivity contribution in [2.75, 3.05) is 26.3 Å². The Morgan fingerprint density at radius 3 is 2.52 bits per heavy atom. The topological polar surface area (TPSA) is 106 Å². The van der Waals surface area contributed by atoms with E-state index in [1.54, 1.807) is 24.8 Å². The van der Waals surface area contributed by atoms with E-state index in [9.17, 15) is 14.4 Å². The van der Waals surface area contributed by atoms with E-state index < -0.39 is 5.63 Å². The number of H-pyrrole nitrogens is 1. The van der Waals surface area contributed by atoms with Gasteiger partial charge < -0.3 is 19.0 Å². The van der Waals surface area contributed by atoms with Crippen LogP contribution in [0.5, 0.6) is 0 Å². The molecule has 154 valence electrons. The average molecular weight is 399 g/mol. The lowest BCUT2D eigenvalue weighted by atomic mass is 9.92. The van der Waals surface area contributed by atoms with Gasteiger partial charge in [-0.05, 0) is 44.7 Å². The van der Waals surface area contributed by atoms with Crippen LogP contribution in [0, 0.1) is 13.8 Å². The third-order valence-electron chi connectivity index (χ3n) is 5.79. The van der Waals surface area contributed by atoms with E-state index in [-0.39, 0.29) is 28.9 Å². The van der Waals surface area contributed by atoms with Gasteiger partial charge >= 0.3 is 5.63 Å². The SMILES string of the molecule is Cc1nc(C2CCN(C(=O)c3c(C)cc(C4CCOC4)oc3=O)CC2)cc(=O)[nH]1. The van der Waals surface area contributed by atoms with Crippen LogP contribution in [0.4, 0.5) is 0 Å². The Hall–Kier alpha value is -2.74. The lowest BCUT2D eigenvalue weighted by Gasteiger charge is -2.31. The summed E-state index contributed by atoms with van der Waals surface area (Å²) in [6, 6.07) is 3.32. The quantitative estimate of drug-likeness (QED) is 0.845. The van der Waals surface area contributed by atoms with Crippen LogP contribution in [0.3, 0.4) is 0 Å². The number of aryl methyl sites for hydroxylation is 2. The summed E-state index contributed by atoms with van der Waals surface area (Å²) in [5.41, 5.74) is 0.772. The first kappa shape index (κ1) is 19.6. The fourth-order valence-corrected chi connectivity index (χ4v) is 4.20. The van der Waals surface area contributed by atoms with Gasteiger partial charge in [0.25, 0.3) is 11.5 Å². The van der Waals surface area contributed by atoms with E-state index in [1.807, 2.05) is 0 Å². The highest BCUT2D eigenvalue weighted by atomic mass is 16.5. The number of carbonyl (C=O) groups is 1. The van der Waals surface area contributed by atoms with Crippen LogP contribution in [-0.2, 0) is 4.74 Å². The van der Waals surface area contributed by atoms with Gasteiger partial charge in [-0.1, -0.05) is 0 Å². The number of piperidine rings is 1. The van der Waals surface area contributed by atoms with Crippen molar-refractivity contribution >= 4 is 5.91 Å². The monoisotopic (exact) mass is 399 g/mol. The number of carbonyl (C=O) groups excluding carboxylic acids is 1. The molecule has 1 amide bonds. The maximum atomic E-state index is 13.0. The molecule has 2 aromatic heterocycles. The van der Waals surface area contributed by atoms with Crippen LogP contribution in [0.25, 0.3) is 0 Å². The standard InChI is InChI=1S/C21H25N3O5/c1-12-9-17(15-5-8-28-11-15)29-21(27)19(12)20(26)24-6-3-14(4-7-24)16-10-18(25)23-13(2)22-16/h9-10,14-15H,3-8,11H2,1-2H3,(H,22,23,25). The third kappa shape index (κ3) is 4.03. The number of aromatic nitrogens is 2. The molecule has 1 N–H and O–H groups in total. The Labute approximate surface area is 167 Å². The van der Waals surface area contributed by atoms with Crippen molar-refractivity contribution in [1.29, 1.82) is 0 Å². The predicted octanol–water partition coefficient (Wildman–Crippen LogP) is 1.86. The summed E-state index contributed by atoms with van der Waals surface area (Å²) < 4.78 is 10.8. The van der Waals surface area contributed by atoms with E-state index in [1.165, 1.54) is 6.07 Å². The van der Waals surface area contributed by atoms with Gasteiger partial charge in [0.1, 0.15) is 17.1 Å². The second-order valence-electron chi connectivity index (χ2n) is 7.88. The van der Waals surface area contributed by atoms with Gasteiger partial charge in [-0.2, -0.15) is 0 Å². The fourth-order valence-electron chi connectivity index (χ4n) is 4.20. The second-order valence-corrected chi connectivity index (χ2v) is 7.88. The molecule has 8 nitrogen and oxygen atoms in total. The number of nitrogens with zero attached hydrogens (tertiary/aromatic N) is 2. The number of hydrogen-bond donors (Lipinski definition) is 1. The van der Waals surface area contributed by atoms with Gasteiger partial charge in [-0.3, -0.25) is 9.59 Å². The fraction of sp³-hybridized carbons (Fsp3) is 0.524. The molecular weight excluding hydrogens is 374 g/mol. The zero-order valence-corrected chi connectivity index (χ0v) is 16.7. The molecule has 4 heterocycles. The summed E-state index contributed by atoms with van der Waals surface area (Å²) in [4.78, 5) is 46.0. The van der Waals surface area contributed by atoms with Crippen LogP contribution in [0.2, 0.25) is 0 Å². The Morgan fingerprint density at radius 2 is 1.90 bits per heavy atom. The molecule has 2 aromatic rings. The Bertz CT molecular complexity index is 1030. The Morgan fingerprint density at radius 1 is 1.14 bits per heavy atom. The lowest BCUT2D eigenvalue weighted by molar-refractivity contribution is 0.0706. The maximum absolute atomic E-state index is 13.0. The van der Waals surface area contributed by atoms with E-state index >= 15 is 0 Å². The van der Waals surface area contributed by atoms with Crippen molar-refractivity contribution in [3.63, 3.8) is 0 Å². The average Bonchev–Trinajstić information content (AvgIpc) is 3.21. The van der Waals surface area contributed by atoms with Crippen LogP contribution in [0.15, 0.2) is 26.1 Å². The highest BCUT2D eigenvalue weighted by molar-refractivity contribution is 5.95. The maximum Gasteiger partial charge on any atom is 0.349 e. The van der Waals surface area contributed by atoms with E-state index in [2.05, 4.69) is 9.97 Å². The number of aromatic amines is 1. The summed E-state index contributed by atoms with van der Waals surface area (Å²) in [6.45, 7) is 5.75. The number of amides is 1. The highest BCUT2D eigenvalue weighted by Crippen LogP contribution is 2.28. The zero-order chi connectivity index (χ0) is 20.5. The molecule has 1 unspecified atom stereocenters. The summed E-state index contributed by atoms with van der Waals surface area (Å²) in [7, 11) is 0. The molecule has 0 spiro atoms. The number of ether oxygens (including phenoxy) is 1. The molecule has 0 bridgehead atoms. The van der Waals surface area contributed by atoms with Gasteiger partial charge in [0, 0.05) is 37.6 Å². The van der Waals surface area contributed by atoms with Gasteiger partial charge in [-0.15, -0.1) is 0 Å². The van der Waals surface area contributed by atoms with Gasteiger partial charge in [-0.25, -0.2) is 9.78 Å². The second kappa shape index (κ2) is 7.94. The summed E-state index contributed by atoms with van der Waals surface area (Å²) in [5.74, 6) is 1.09. The number of hydrogen-bond acceptors (Lipinski definition) is 6. The molecule has 29 heavy (non-hydrogen) atoms. The van der Waals surface area contributed by atoms with Crippen molar-refractivity contribution in [1.82, 2.24) is 14.9 Å². The first-order valence-electron chi connectivity index (χ1n) is 10.0. The van der Waals surface area contributed by atoms with Crippen LogP contribution in [-0.4, -0.2) is 47.1 Å². The summed E-state index contributed by atoms with van der Waals surface area (Å²) in [6.07, 6.45) is 2.21. The van der Waals surface area contributed by atoms with Crippen LogP contribution < -0.4 is 11.2 Å². The van der Waals surface area contributed by atoms with E-state index in [0.29, 0.717) is 56.3 Å². The third-order valence-corrected chi connectivity index (χ3v) is 5.79. The van der Waals surface area contributed by atoms with Crippen molar-refractivity contribution in [2.45, 2.75) is 44.9 Å². The molecule has 0 saturated carbocycles. The molecule has 0 aliphatic carbocycles. The molecular formula is C21H25N3O5. The molecule has 1 atom stereocenters. The number of rotatable bonds is 3. The molecule has 4 rings (SSSR count). The minimum Gasteiger partial charge on any atom is -0.427 e. The molecule has 2 aliphatic heterocycles. The molecule has 8 heteroatoms. The van der Waals surface area contributed by atoms with E-state index in [4.69, 9.17) is 9.15 Å². The van der Waals surface area contributed by atoms with Crippen molar-refractivity contribution < 1.29 is 13.9 Å². The normalized spacial score (nSPS) is 20.2. The van der Waals surface area contributed by atoms with Crippen LogP contribution in [0.1, 0.15) is 64.3 Å². The van der Waals surface area contributed by atoms with Crippen molar-refractivity contribution in [3.8, 4) is 0 Å². The summed E-state index contributed by atoms with van der Waals surface area (Å²) >= 11 is 0. The Kier molecular flexibility index (Phi) is 5.36. The van der Waals surface area contributed by atoms with Crippen LogP contribution >= 0.6 is 0 Å². The zero-order valence-electron chi connectivity index (χ0n) is 16.7. The Balaban J connectivity index is 1.48. The predicted molar refractivity (Wildman–Crippen MR) is 105 cm³/mol. The first-order chi connectivity index (χ1) is 13.9. The minimum atomic E-state index is -0.578. The molecule has 2 aliphatic rings. The summed E-state index contributed by atoms with van der Waals surface area (Å²) in [5, 5.41) is 0. The number of likely N-dealkylation sites (tertiary alicyclic amines) is 1. The smallest absolute Gasteiger partial charge is 0.349 e. The number of nitrogens with one attached hydrogen (secondary N) is 1. The van der Waals surface area contributed by atoms with Gasteiger partial charge in [0.15, 0.2) is 0 Å². The van der Waals surface area contributed by atoms with Gasteiger partial charge in [0.05, 0.1) is 12.3 Å². The van der Waals surface area contributed by atoms with Crippen molar-refractivity contribution in [3.05, 3.63) is 61.3 Å². The molecule has 0 aromatic carbocycles. The minimum absolute atomic E-state index is 0.0753. The van der Waals surface area contributed by atoms with E-state index in [0.717, 1.165) is 12.1 Å². The van der Waals surface area contributed by atoms with Crippen molar-refractivity contribution in [2.24, 2.45) is 0 Å². The molecule has 0 radical (unpaired) electrons.